The summed E-state index contributed by atoms with van der Waals surface area (Å²) < 4.78 is 16.6. The minimum atomic E-state index is -0.447. The number of ether oxygens (including phenoxy) is 3. The van der Waals surface area contributed by atoms with Crippen LogP contribution in [0.1, 0.15) is 23.2 Å². The third-order valence-corrected chi connectivity index (χ3v) is 3.96. The summed E-state index contributed by atoms with van der Waals surface area (Å²) >= 11 is 0. The molecule has 2 heterocycles. The maximum atomic E-state index is 12.5. The number of carbonyl (C=O) groups is 1. The van der Waals surface area contributed by atoms with Crippen LogP contribution in [0.15, 0.2) is 24.3 Å². The zero-order valence-corrected chi connectivity index (χ0v) is 11.6. The Bertz CT molecular complexity index is 486. The molecule has 1 aromatic carbocycles. The number of amides is 1. The Morgan fingerprint density at radius 3 is 2.50 bits per heavy atom. The van der Waals surface area contributed by atoms with E-state index in [4.69, 9.17) is 14.2 Å². The minimum absolute atomic E-state index is 0.00953. The van der Waals surface area contributed by atoms with Crippen molar-refractivity contribution >= 4 is 5.91 Å². The van der Waals surface area contributed by atoms with Crippen LogP contribution < -0.4 is 4.74 Å². The Kier molecular flexibility index (Phi) is 3.63. The van der Waals surface area contributed by atoms with Crippen molar-refractivity contribution in [1.29, 1.82) is 0 Å². The Morgan fingerprint density at radius 1 is 1.20 bits per heavy atom. The maximum Gasteiger partial charge on any atom is 0.257 e. The lowest BCUT2D eigenvalue weighted by atomic mass is 10.0. The number of rotatable bonds is 2. The highest BCUT2D eigenvalue weighted by molar-refractivity contribution is 5.97. The van der Waals surface area contributed by atoms with Crippen LogP contribution in [0.3, 0.4) is 0 Å². The number of methoxy groups -OCH3 is 1. The number of benzene rings is 1. The van der Waals surface area contributed by atoms with Gasteiger partial charge in [-0.25, -0.2) is 0 Å². The fourth-order valence-corrected chi connectivity index (χ4v) is 2.83. The second-order valence-electron chi connectivity index (χ2n) is 5.10. The summed E-state index contributed by atoms with van der Waals surface area (Å²) in [5, 5.41) is 0. The van der Waals surface area contributed by atoms with E-state index in [1.807, 2.05) is 23.1 Å². The number of para-hydroxylation sites is 1. The summed E-state index contributed by atoms with van der Waals surface area (Å²) in [5.41, 5.74) is 0.610. The molecule has 2 fully saturated rings. The van der Waals surface area contributed by atoms with Gasteiger partial charge in [-0.2, -0.15) is 0 Å². The van der Waals surface area contributed by atoms with Crippen LogP contribution in [-0.2, 0) is 9.47 Å². The van der Waals surface area contributed by atoms with Gasteiger partial charge in [0.25, 0.3) is 5.91 Å². The predicted octanol–water partition coefficient (Wildman–Crippen LogP) is 1.67. The van der Waals surface area contributed by atoms with Gasteiger partial charge in [-0.3, -0.25) is 4.79 Å². The highest BCUT2D eigenvalue weighted by Gasteiger charge is 2.41. The number of piperidine rings is 1. The van der Waals surface area contributed by atoms with Crippen molar-refractivity contribution in [3.05, 3.63) is 29.8 Å². The topological polar surface area (TPSA) is 48.0 Å². The van der Waals surface area contributed by atoms with Crippen molar-refractivity contribution in [3.8, 4) is 5.75 Å². The molecule has 0 N–H and O–H groups in total. The molecule has 0 saturated carbocycles. The second kappa shape index (κ2) is 5.42. The molecule has 1 aromatic rings. The van der Waals surface area contributed by atoms with Crippen LogP contribution in [0.2, 0.25) is 0 Å². The number of carbonyl (C=O) groups excluding carboxylic acids is 1. The Morgan fingerprint density at radius 2 is 1.85 bits per heavy atom. The van der Waals surface area contributed by atoms with Crippen LogP contribution in [0.25, 0.3) is 0 Å². The van der Waals surface area contributed by atoms with Gasteiger partial charge in [0.15, 0.2) is 5.79 Å². The summed E-state index contributed by atoms with van der Waals surface area (Å²) in [4.78, 5) is 14.4. The van der Waals surface area contributed by atoms with Gasteiger partial charge in [-0.1, -0.05) is 12.1 Å². The van der Waals surface area contributed by atoms with E-state index in [2.05, 4.69) is 0 Å². The fraction of sp³-hybridized carbons (Fsp3) is 0.533. The lowest BCUT2D eigenvalue weighted by molar-refractivity contribution is -0.181. The van der Waals surface area contributed by atoms with Crippen molar-refractivity contribution in [3.63, 3.8) is 0 Å². The summed E-state index contributed by atoms with van der Waals surface area (Å²) in [6.45, 7) is 2.61. The Labute approximate surface area is 118 Å². The molecule has 2 saturated heterocycles. The van der Waals surface area contributed by atoms with E-state index in [9.17, 15) is 4.79 Å². The van der Waals surface area contributed by atoms with E-state index < -0.39 is 5.79 Å². The first-order valence-corrected chi connectivity index (χ1v) is 6.94. The van der Waals surface area contributed by atoms with E-state index in [0.29, 0.717) is 37.6 Å². The number of hydrogen-bond donors (Lipinski definition) is 0. The van der Waals surface area contributed by atoms with Gasteiger partial charge in [0.2, 0.25) is 0 Å². The predicted molar refractivity (Wildman–Crippen MR) is 72.8 cm³/mol. The lowest BCUT2D eigenvalue weighted by Crippen LogP contribution is -2.47. The summed E-state index contributed by atoms with van der Waals surface area (Å²) in [6, 6.07) is 7.32. The second-order valence-corrected chi connectivity index (χ2v) is 5.10. The summed E-state index contributed by atoms with van der Waals surface area (Å²) in [7, 11) is 1.58. The highest BCUT2D eigenvalue weighted by atomic mass is 16.7. The van der Waals surface area contributed by atoms with Gasteiger partial charge < -0.3 is 19.1 Å². The number of hydrogen-bond acceptors (Lipinski definition) is 4. The Balaban J connectivity index is 1.70. The summed E-state index contributed by atoms with van der Waals surface area (Å²) in [6.07, 6.45) is 1.46. The quantitative estimate of drug-likeness (QED) is 0.825. The molecule has 3 rings (SSSR count). The van der Waals surface area contributed by atoms with E-state index >= 15 is 0 Å². The van der Waals surface area contributed by atoms with Crippen molar-refractivity contribution in [2.24, 2.45) is 0 Å². The first-order chi connectivity index (χ1) is 9.74. The van der Waals surface area contributed by atoms with E-state index in [1.165, 1.54) is 0 Å². The van der Waals surface area contributed by atoms with Gasteiger partial charge in [-0.15, -0.1) is 0 Å². The summed E-state index contributed by atoms with van der Waals surface area (Å²) in [5.74, 6) is 0.179. The molecule has 0 radical (unpaired) electrons. The van der Waals surface area contributed by atoms with Gasteiger partial charge in [-0.05, 0) is 12.1 Å². The highest BCUT2D eigenvalue weighted by Crippen LogP contribution is 2.32. The molecule has 1 amide bonds. The third-order valence-electron chi connectivity index (χ3n) is 3.96. The van der Waals surface area contributed by atoms with Gasteiger partial charge in [0, 0.05) is 25.9 Å². The monoisotopic (exact) mass is 277 g/mol. The molecule has 0 bridgehead atoms. The molecule has 2 aliphatic heterocycles. The van der Waals surface area contributed by atoms with Crippen LogP contribution in [0, 0.1) is 0 Å². The largest absolute Gasteiger partial charge is 0.496 e. The molecule has 108 valence electrons. The molecule has 5 heteroatoms. The number of likely N-dealkylation sites (tertiary alicyclic amines) is 1. The first-order valence-electron chi connectivity index (χ1n) is 6.94. The molecule has 0 aliphatic carbocycles. The molecular formula is C15H19NO4. The Hall–Kier alpha value is -1.59. The zero-order chi connectivity index (χ0) is 14.0. The third kappa shape index (κ3) is 2.39. The van der Waals surface area contributed by atoms with Crippen molar-refractivity contribution in [2.45, 2.75) is 18.6 Å². The van der Waals surface area contributed by atoms with Crippen LogP contribution in [0.4, 0.5) is 0 Å². The zero-order valence-electron chi connectivity index (χ0n) is 11.6. The van der Waals surface area contributed by atoms with Gasteiger partial charge >= 0.3 is 0 Å². The van der Waals surface area contributed by atoms with Gasteiger partial charge in [0.1, 0.15) is 5.75 Å². The van der Waals surface area contributed by atoms with Crippen LogP contribution >= 0.6 is 0 Å². The van der Waals surface area contributed by atoms with E-state index in [-0.39, 0.29) is 5.91 Å². The SMILES string of the molecule is COc1ccccc1C(=O)N1CCC2(CC1)OCCO2. The lowest BCUT2D eigenvalue weighted by Gasteiger charge is -2.37. The van der Waals surface area contributed by atoms with Gasteiger partial charge in [0.05, 0.1) is 25.9 Å². The van der Waals surface area contributed by atoms with Crippen molar-refractivity contribution in [2.75, 3.05) is 33.4 Å². The van der Waals surface area contributed by atoms with Crippen LogP contribution in [0.5, 0.6) is 5.75 Å². The minimum Gasteiger partial charge on any atom is -0.496 e. The van der Waals surface area contributed by atoms with Crippen LogP contribution in [-0.4, -0.2) is 50.0 Å². The number of nitrogens with zero attached hydrogens (tertiary/aromatic N) is 1. The molecule has 0 unspecified atom stereocenters. The van der Waals surface area contributed by atoms with Crippen molar-refractivity contribution in [1.82, 2.24) is 4.90 Å². The molecule has 2 aliphatic rings. The molecule has 1 spiro atoms. The molecule has 0 atom stereocenters. The van der Waals surface area contributed by atoms with Crippen molar-refractivity contribution < 1.29 is 19.0 Å². The smallest absolute Gasteiger partial charge is 0.257 e. The molecule has 0 aromatic heterocycles. The normalized spacial score (nSPS) is 21.1. The molecular weight excluding hydrogens is 258 g/mol. The average molecular weight is 277 g/mol. The average Bonchev–Trinajstić information content (AvgIpc) is 2.95. The van der Waals surface area contributed by atoms with E-state index in [0.717, 1.165) is 12.8 Å². The molecule has 20 heavy (non-hydrogen) atoms. The fourth-order valence-electron chi connectivity index (χ4n) is 2.83. The first kappa shape index (κ1) is 13.4. The molecule has 5 nitrogen and oxygen atoms in total. The van der Waals surface area contributed by atoms with E-state index in [1.54, 1.807) is 13.2 Å². The standard InChI is InChI=1S/C15H19NO4/c1-18-13-5-3-2-4-12(13)14(17)16-8-6-15(7-9-16)19-10-11-20-15/h2-5H,6-11H2,1H3. The maximum absolute atomic E-state index is 12.5.